The van der Waals surface area contributed by atoms with Crippen molar-refractivity contribution in [2.45, 2.75) is 26.7 Å². The molecule has 0 aliphatic rings. The lowest BCUT2D eigenvalue weighted by Gasteiger charge is -2.26. The quantitative estimate of drug-likeness (QED) is 0.486. The van der Waals surface area contributed by atoms with Crippen LogP contribution in [0.5, 0.6) is 0 Å². The van der Waals surface area contributed by atoms with Crippen molar-refractivity contribution in [3.8, 4) is 0 Å². The molecule has 0 bridgehead atoms. The third-order valence-corrected chi connectivity index (χ3v) is 3.48. The lowest BCUT2D eigenvalue weighted by Crippen LogP contribution is -2.31. The number of benzene rings is 1. The highest BCUT2D eigenvalue weighted by Crippen LogP contribution is 2.22. The highest BCUT2D eigenvalue weighted by molar-refractivity contribution is 6.17. The number of anilines is 1. The van der Waals surface area contributed by atoms with Crippen LogP contribution in [0.1, 0.15) is 25.0 Å². The molecule has 1 aromatic carbocycles. The number of aryl methyl sites for hydroxylation is 1. The second-order valence-electron chi connectivity index (χ2n) is 4.64. The first-order chi connectivity index (χ1) is 9.72. The van der Waals surface area contributed by atoms with Crippen LogP contribution in [0.15, 0.2) is 18.2 Å². The summed E-state index contributed by atoms with van der Waals surface area (Å²) in [5.41, 5.74) is 3.64. The molecule has 0 unspecified atom stereocenters. The van der Waals surface area contributed by atoms with Crippen LogP contribution in [0.4, 0.5) is 5.69 Å². The van der Waals surface area contributed by atoms with E-state index in [1.54, 1.807) is 0 Å². The molecule has 20 heavy (non-hydrogen) atoms. The van der Waals surface area contributed by atoms with Gasteiger partial charge >= 0.3 is 0 Å². The average Bonchev–Trinajstić information content (AvgIpc) is 2.46. The fourth-order valence-electron chi connectivity index (χ4n) is 2.15. The van der Waals surface area contributed by atoms with E-state index in [1.807, 2.05) is 13.8 Å². The van der Waals surface area contributed by atoms with Crippen molar-refractivity contribution in [2.75, 3.05) is 44.4 Å². The average molecular weight is 300 g/mol. The van der Waals surface area contributed by atoms with Crippen molar-refractivity contribution in [3.63, 3.8) is 0 Å². The van der Waals surface area contributed by atoms with Gasteiger partial charge < -0.3 is 14.4 Å². The summed E-state index contributed by atoms with van der Waals surface area (Å²) >= 11 is 5.88. The lowest BCUT2D eigenvalue weighted by atomic mass is 10.1. The van der Waals surface area contributed by atoms with Crippen LogP contribution < -0.4 is 4.90 Å². The van der Waals surface area contributed by atoms with Crippen LogP contribution in [-0.2, 0) is 15.4 Å². The van der Waals surface area contributed by atoms with E-state index in [9.17, 15) is 0 Å². The molecular weight excluding hydrogens is 274 g/mol. The molecule has 0 atom stereocenters. The fraction of sp³-hybridized carbons (Fsp3) is 0.625. The number of nitrogens with zero attached hydrogens (tertiary/aromatic N) is 1. The van der Waals surface area contributed by atoms with E-state index in [2.05, 4.69) is 30.0 Å². The summed E-state index contributed by atoms with van der Waals surface area (Å²) < 4.78 is 10.9. The zero-order valence-corrected chi connectivity index (χ0v) is 13.6. The number of alkyl halides is 1. The van der Waals surface area contributed by atoms with E-state index in [-0.39, 0.29) is 0 Å². The Morgan fingerprint density at radius 1 is 1.05 bits per heavy atom. The molecule has 0 aromatic heterocycles. The van der Waals surface area contributed by atoms with Gasteiger partial charge in [0.25, 0.3) is 0 Å². The Labute approximate surface area is 127 Å². The minimum absolute atomic E-state index is 0.555. The molecule has 1 aromatic rings. The summed E-state index contributed by atoms with van der Waals surface area (Å²) in [6.07, 6.45) is 0. The number of hydrogen-bond acceptors (Lipinski definition) is 3. The zero-order chi connectivity index (χ0) is 14.8. The topological polar surface area (TPSA) is 21.7 Å². The summed E-state index contributed by atoms with van der Waals surface area (Å²) in [5, 5.41) is 0. The van der Waals surface area contributed by atoms with Crippen molar-refractivity contribution in [1.29, 1.82) is 0 Å². The van der Waals surface area contributed by atoms with E-state index in [0.29, 0.717) is 5.88 Å². The molecule has 3 nitrogen and oxygen atoms in total. The summed E-state index contributed by atoms with van der Waals surface area (Å²) in [5.74, 6) is 0.555. The SMILES string of the molecule is CCOCCN(CCOCC)c1ccc(CCl)cc1C. The number of halogens is 1. The van der Waals surface area contributed by atoms with Crippen LogP contribution >= 0.6 is 11.6 Å². The Morgan fingerprint density at radius 2 is 1.65 bits per heavy atom. The monoisotopic (exact) mass is 299 g/mol. The highest BCUT2D eigenvalue weighted by atomic mass is 35.5. The first-order valence-electron chi connectivity index (χ1n) is 7.28. The molecule has 0 radical (unpaired) electrons. The van der Waals surface area contributed by atoms with Crippen LogP contribution in [0, 0.1) is 6.92 Å². The molecule has 0 N–H and O–H groups in total. The molecule has 0 amide bonds. The van der Waals surface area contributed by atoms with Gasteiger partial charge in [-0.15, -0.1) is 11.6 Å². The lowest BCUT2D eigenvalue weighted by molar-refractivity contribution is 0.141. The molecule has 1 rings (SSSR count). The van der Waals surface area contributed by atoms with Gasteiger partial charge in [-0.25, -0.2) is 0 Å². The van der Waals surface area contributed by atoms with Crippen molar-refractivity contribution >= 4 is 17.3 Å². The molecule has 114 valence electrons. The van der Waals surface area contributed by atoms with E-state index >= 15 is 0 Å². The summed E-state index contributed by atoms with van der Waals surface area (Å²) in [6, 6.07) is 6.38. The van der Waals surface area contributed by atoms with Crippen molar-refractivity contribution in [3.05, 3.63) is 29.3 Å². The minimum atomic E-state index is 0.555. The Kier molecular flexibility index (Phi) is 8.67. The second-order valence-corrected chi connectivity index (χ2v) is 4.90. The number of hydrogen-bond donors (Lipinski definition) is 0. The van der Waals surface area contributed by atoms with Gasteiger partial charge in [0, 0.05) is 37.9 Å². The van der Waals surface area contributed by atoms with Crippen molar-refractivity contribution < 1.29 is 9.47 Å². The molecule has 0 fully saturated rings. The predicted octanol–water partition coefficient (Wildman–Crippen LogP) is 3.61. The Bertz CT molecular complexity index is 375. The first kappa shape index (κ1) is 17.3. The van der Waals surface area contributed by atoms with E-state index in [1.165, 1.54) is 11.3 Å². The summed E-state index contributed by atoms with van der Waals surface area (Å²) in [6.45, 7) is 10.9. The predicted molar refractivity (Wildman–Crippen MR) is 85.9 cm³/mol. The number of ether oxygens (including phenoxy) is 2. The van der Waals surface area contributed by atoms with Crippen molar-refractivity contribution in [2.24, 2.45) is 0 Å². The highest BCUT2D eigenvalue weighted by Gasteiger charge is 2.09. The van der Waals surface area contributed by atoms with E-state index < -0.39 is 0 Å². The Hall–Kier alpha value is -0.770. The fourth-order valence-corrected chi connectivity index (χ4v) is 2.31. The first-order valence-corrected chi connectivity index (χ1v) is 7.82. The van der Waals surface area contributed by atoms with Gasteiger partial charge in [-0.3, -0.25) is 0 Å². The van der Waals surface area contributed by atoms with Gasteiger partial charge in [-0.1, -0.05) is 12.1 Å². The van der Waals surface area contributed by atoms with Gasteiger partial charge in [0.15, 0.2) is 0 Å². The standard InChI is InChI=1S/C16H26ClNO2/c1-4-19-10-8-18(9-11-20-5-2)16-7-6-15(13-17)12-14(16)3/h6-7,12H,4-5,8-11,13H2,1-3H3. The van der Waals surface area contributed by atoms with Crippen molar-refractivity contribution in [1.82, 2.24) is 0 Å². The third kappa shape index (κ3) is 5.70. The Morgan fingerprint density at radius 3 is 2.10 bits per heavy atom. The maximum absolute atomic E-state index is 5.88. The maximum atomic E-state index is 5.88. The van der Waals surface area contributed by atoms with Crippen LogP contribution in [-0.4, -0.2) is 39.5 Å². The maximum Gasteiger partial charge on any atom is 0.0641 e. The van der Waals surface area contributed by atoms with Crippen LogP contribution in [0.25, 0.3) is 0 Å². The molecular formula is C16H26ClNO2. The van der Waals surface area contributed by atoms with Gasteiger partial charge in [-0.2, -0.15) is 0 Å². The van der Waals surface area contributed by atoms with E-state index in [0.717, 1.165) is 45.1 Å². The molecule has 0 aliphatic carbocycles. The normalized spacial score (nSPS) is 10.8. The minimum Gasteiger partial charge on any atom is -0.380 e. The molecule has 4 heteroatoms. The van der Waals surface area contributed by atoms with E-state index in [4.69, 9.17) is 21.1 Å². The number of rotatable bonds is 10. The molecule has 0 heterocycles. The third-order valence-electron chi connectivity index (χ3n) is 3.18. The van der Waals surface area contributed by atoms with Gasteiger partial charge in [-0.05, 0) is 38.0 Å². The smallest absolute Gasteiger partial charge is 0.0641 e. The summed E-state index contributed by atoms with van der Waals surface area (Å²) in [4.78, 5) is 2.32. The van der Waals surface area contributed by atoms with Crippen LogP contribution in [0.3, 0.4) is 0 Å². The zero-order valence-electron chi connectivity index (χ0n) is 12.8. The molecule has 0 aliphatic heterocycles. The Balaban J connectivity index is 2.73. The van der Waals surface area contributed by atoms with Crippen LogP contribution in [0.2, 0.25) is 0 Å². The van der Waals surface area contributed by atoms with Gasteiger partial charge in [0.1, 0.15) is 0 Å². The van der Waals surface area contributed by atoms with Gasteiger partial charge in [0.05, 0.1) is 13.2 Å². The van der Waals surface area contributed by atoms with Gasteiger partial charge in [0.2, 0.25) is 0 Å². The molecule has 0 saturated carbocycles. The molecule has 0 spiro atoms. The second kappa shape index (κ2) is 10.0. The molecule has 0 saturated heterocycles. The largest absolute Gasteiger partial charge is 0.380 e. The summed E-state index contributed by atoms with van der Waals surface area (Å²) in [7, 11) is 0.